The first-order valence-electron chi connectivity index (χ1n) is 12.4. The fraction of sp³-hybridized carbons (Fsp3) is 0.333. The number of esters is 1. The lowest BCUT2D eigenvalue weighted by molar-refractivity contribution is 0.0460. The third-order valence-corrected chi connectivity index (χ3v) is 5.14. The Balaban J connectivity index is 1.61. The summed E-state index contributed by atoms with van der Waals surface area (Å²) in [6.07, 6.45) is 0.917. The van der Waals surface area contributed by atoms with E-state index in [0.717, 1.165) is 11.1 Å². The molecule has 3 rings (SSSR count). The molecule has 0 fully saturated rings. The molecule has 3 aromatic carbocycles. The Morgan fingerprint density at radius 2 is 1.32 bits per heavy atom. The van der Waals surface area contributed by atoms with Crippen LogP contribution >= 0.6 is 0 Å². The molecular formula is C30H35NO6. The van der Waals surface area contributed by atoms with Crippen LogP contribution in [0.2, 0.25) is 0 Å². The van der Waals surface area contributed by atoms with Crippen LogP contribution in [0.3, 0.4) is 0 Å². The van der Waals surface area contributed by atoms with Gasteiger partial charge in [-0.05, 0) is 56.9 Å². The highest BCUT2D eigenvalue weighted by molar-refractivity contribution is 5.95. The van der Waals surface area contributed by atoms with Crippen LogP contribution in [-0.2, 0) is 22.7 Å². The van der Waals surface area contributed by atoms with Crippen molar-refractivity contribution < 1.29 is 28.5 Å². The molecule has 7 heteroatoms. The minimum Gasteiger partial charge on any atom is -0.493 e. The Hall–Kier alpha value is -4.00. The van der Waals surface area contributed by atoms with Crippen LogP contribution in [0.5, 0.6) is 11.5 Å². The lowest BCUT2D eigenvalue weighted by Gasteiger charge is -2.19. The van der Waals surface area contributed by atoms with E-state index < -0.39 is 17.7 Å². The van der Waals surface area contributed by atoms with Crippen LogP contribution in [-0.4, -0.2) is 30.8 Å². The summed E-state index contributed by atoms with van der Waals surface area (Å²) in [5, 5.41) is 2.73. The number of hydrogen-bond acceptors (Lipinski definition) is 6. The maximum Gasteiger partial charge on any atom is 0.407 e. The van der Waals surface area contributed by atoms with E-state index in [1.165, 1.54) is 0 Å². The Morgan fingerprint density at radius 1 is 0.730 bits per heavy atom. The van der Waals surface area contributed by atoms with E-state index >= 15 is 0 Å². The lowest BCUT2D eigenvalue weighted by Crippen LogP contribution is -2.33. The minimum absolute atomic E-state index is 0.141. The molecule has 0 bridgehead atoms. The Bertz CT molecular complexity index is 1130. The fourth-order valence-corrected chi connectivity index (χ4v) is 3.40. The van der Waals surface area contributed by atoms with Crippen LogP contribution < -0.4 is 14.8 Å². The van der Waals surface area contributed by atoms with Gasteiger partial charge in [-0.1, -0.05) is 66.7 Å². The summed E-state index contributed by atoms with van der Waals surface area (Å²) >= 11 is 0. The van der Waals surface area contributed by atoms with E-state index in [4.69, 9.17) is 18.9 Å². The molecule has 0 aromatic heterocycles. The summed E-state index contributed by atoms with van der Waals surface area (Å²) in [6, 6.07) is 24.5. The van der Waals surface area contributed by atoms with Gasteiger partial charge >= 0.3 is 12.1 Å². The quantitative estimate of drug-likeness (QED) is 0.230. The molecule has 0 saturated carbocycles. The number of carbonyl (C=O) groups excluding carboxylic acids is 2. The third kappa shape index (κ3) is 9.88. The van der Waals surface area contributed by atoms with Crippen LogP contribution in [0.15, 0.2) is 78.9 Å². The van der Waals surface area contributed by atoms with E-state index in [2.05, 4.69) is 5.32 Å². The van der Waals surface area contributed by atoms with Gasteiger partial charge < -0.3 is 24.3 Å². The highest BCUT2D eigenvalue weighted by Crippen LogP contribution is 2.31. The second-order valence-corrected chi connectivity index (χ2v) is 9.45. The highest BCUT2D eigenvalue weighted by Gasteiger charge is 2.21. The smallest absolute Gasteiger partial charge is 0.407 e. The van der Waals surface area contributed by atoms with Gasteiger partial charge in [0.25, 0.3) is 0 Å². The van der Waals surface area contributed by atoms with Crippen molar-refractivity contribution in [3.8, 4) is 11.5 Å². The molecule has 0 aliphatic rings. The second-order valence-electron chi connectivity index (χ2n) is 9.45. The summed E-state index contributed by atoms with van der Waals surface area (Å²) in [7, 11) is 0. The average molecular weight is 506 g/mol. The van der Waals surface area contributed by atoms with Gasteiger partial charge in [-0.3, -0.25) is 0 Å². The summed E-state index contributed by atoms with van der Waals surface area (Å²) in [6.45, 7) is 6.73. The van der Waals surface area contributed by atoms with E-state index in [9.17, 15) is 9.59 Å². The number of ether oxygens (including phenoxy) is 4. The number of amides is 1. The summed E-state index contributed by atoms with van der Waals surface area (Å²) in [4.78, 5) is 24.9. The maximum absolute atomic E-state index is 13.2. The number of alkyl carbamates (subject to hydrolysis) is 1. The van der Waals surface area contributed by atoms with Crippen molar-refractivity contribution in [1.82, 2.24) is 5.32 Å². The molecule has 0 aliphatic carbocycles. The molecule has 196 valence electrons. The standard InChI is InChI=1S/C30H35NO6/c1-30(2,3)37-29(33)31-19-10-11-20-34-25-17-12-18-26(35-21-23-13-6-4-7-14-23)27(25)28(32)36-22-24-15-8-5-9-16-24/h4-9,12-18H,10-11,19-22H2,1-3H3,(H,31,33). The second kappa shape index (κ2) is 13.9. The summed E-state index contributed by atoms with van der Waals surface area (Å²) in [5.74, 6) is 0.267. The molecule has 7 nitrogen and oxygen atoms in total. The first kappa shape index (κ1) is 27.6. The third-order valence-electron chi connectivity index (χ3n) is 5.14. The van der Waals surface area contributed by atoms with Gasteiger partial charge in [0.05, 0.1) is 6.61 Å². The largest absolute Gasteiger partial charge is 0.493 e. The lowest BCUT2D eigenvalue weighted by atomic mass is 10.1. The zero-order chi connectivity index (χ0) is 26.5. The van der Waals surface area contributed by atoms with Crippen molar-refractivity contribution in [2.75, 3.05) is 13.2 Å². The number of benzene rings is 3. The van der Waals surface area contributed by atoms with Gasteiger partial charge in [-0.25, -0.2) is 9.59 Å². The molecule has 3 aromatic rings. The molecule has 1 amide bonds. The highest BCUT2D eigenvalue weighted by atomic mass is 16.6. The molecule has 0 unspecified atom stereocenters. The van der Waals surface area contributed by atoms with Gasteiger partial charge in [0.15, 0.2) is 0 Å². The zero-order valence-corrected chi connectivity index (χ0v) is 21.7. The number of carbonyl (C=O) groups is 2. The zero-order valence-electron chi connectivity index (χ0n) is 21.7. The molecule has 0 radical (unpaired) electrons. The van der Waals surface area contributed by atoms with Crippen molar-refractivity contribution in [3.05, 3.63) is 95.6 Å². The number of nitrogens with one attached hydrogen (secondary N) is 1. The van der Waals surface area contributed by atoms with Gasteiger partial charge in [-0.2, -0.15) is 0 Å². The van der Waals surface area contributed by atoms with Gasteiger partial charge in [0.1, 0.15) is 35.9 Å². The Kier molecular flexibility index (Phi) is 10.4. The van der Waals surface area contributed by atoms with Crippen LogP contribution in [0.1, 0.15) is 55.1 Å². The summed E-state index contributed by atoms with van der Waals surface area (Å²) < 4.78 is 22.8. The fourth-order valence-electron chi connectivity index (χ4n) is 3.40. The molecule has 0 atom stereocenters. The monoisotopic (exact) mass is 505 g/mol. The van der Waals surface area contributed by atoms with Gasteiger partial charge in [0.2, 0.25) is 0 Å². The van der Waals surface area contributed by atoms with Crippen LogP contribution in [0, 0.1) is 0 Å². The van der Waals surface area contributed by atoms with E-state index in [-0.39, 0.29) is 12.2 Å². The normalized spacial score (nSPS) is 10.9. The predicted molar refractivity (Wildman–Crippen MR) is 142 cm³/mol. The molecule has 0 saturated heterocycles. The average Bonchev–Trinajstić information content (AvgIpc) is 2.88. The molecule has 0 heterocycles. The molecule has 0 spiro atoms. The van der Waals surface area contributed by atoms with Crippen molar-refractivity contribution in [1.29, 1.82) is 0 Å². The van der Waals surface area contributed by atoms with Gasteiger partial charge in [-0.15, -0.1) is 0 Å². The van der Waals surface area contributed by atoms with E-state index in [0.29, 0.717) is 44.1 Å². The Labute approximate surface area is 218 Å². The first-order chi connectivity index (χ1) is 17.8. The molecular weight excluding hydrogens is 470 g/mol. The molecule has 0 aliphatic heterocycles. The van der Waals surface area contributed by atoms with Crippen molar-refractivity contribution >= 4 is 12.1 Å². The van der Waals surface area contributed by atoms with Crippen molar-refractivity contribution in [3.63, 3.8) is 0 Å². The SMILES string of the molecule is CC(C)(C)OC(=O)NCCCCOc1cccc(OCc2ccccc2)c1C(=O)OCc1ccccc1. The molecule has 1 N–H and O–H groups in total. The van der Waals surface area contributed by atoms with E-state index in [1.807, 2.05) is 81.4 Å². The van der Waals surface area contributed by atoms with E-state index in [1.54, 1.807) is 18.2 Å². The number of hydrogen-bond donors (Lipinski definition) is 1. The maximum atomic E-state index is 13.2. The van der Waals surface area contributed by atoms with Crippen molar-refractivity contribution in [2.45, 2.75) is 52.4 Å². The minimum atomic E-state index is -0.535. The van der Waals surface area contributed by atoms with Gasteiger partial charge in [0, 0.05) is 6.54 Å². The van der Waals surface area contributed by atoms with Crippen molar-refractivity contribution in [2.24, 2.45) is 0 Å². The number of unbranched alkanes of at least 4 members (excludes halogenated alkanes) is 1. The topological polar surface area (TPSA) is 83.1 Å². The predicted octanol–water partition coefficient (Wildman–Crippen LogP) is 6.31. The first-order valence-corrected chi connectivity index (χ1v) is 12.4. The Morgan fingerprint density at radius 3 is 1.95 bits per heavy atom. The summed E-state index contributed by atoms with van der Waals surface area (Å²) in [5.41, 5.74) is 1.58. The van der Waals surface area contributed by atoms with Crippen LogP contribution in [0.25, 0.3) is 0 Å². The molecule has 37 heavy (non-hydrogen) atoms. The number of rotatable bonds is 12. The van der Waals surface area contributed by atoms with Crippen LogP contribution in [0.4, 0.5) is 4.79 Å².